The minimum atomic E-state index is 0.470. The molecule has 1 fully saturated rings. The number of nitrogens with one attached hydrogen (secondary N) is 1. The van der Waals surface area contributed by atoms with Crippen LogP contribution in [0.15, 0.2) is 54.7 Å². The molecule has 0 atom stereocenters. The number of aromatic amines is 1. The Morgan fingerprint density at radius 3 is 2.68 bits per heavy atom. The predicted octanol–water partition coefficient (Wildman–Crippen LogP) is 4.93. The van der Waals surface area contributed by atoms with Crippen molar-refractivity contribution in [3.63, 3.8) is 0 Å². The van der Waals surface area contributed by atoms with Crippen LogP contribution in [0.2, 0.25) is 0 Å². The lowest BCUT2D eigenvalue weighted by Crippen LogP contribution is -1.95. The van der Waals surface area contributed by atoms with Crippen LogP contribution in [0.3, 0.4) is 0 Å². The average Bonchev–Trinajstić information content (AvgIpc) is 3.30. The van der Waals surface area contributed by atoms with Gasteiger partial charge in [0.2, 0.25) is 0 Å². The Bertz CT molecular complexity index is 866. The molecule has 2 heterocycles. The zero-order chi connectivity index (χ0) is 17.1. The summed E-state index contributed by atoms with van der Waals surface area (Å²) in [5.74, 6) is 0.643. The van der Waals surface area contributed by atoms with Crippen molar-refractivity contribution in [2.75, 3.05) is 0 Å². The van der Waals surface area contributed by atoms with Crippen molar-refractivity contribution >= 4 is 22.9 Å². The maximum atomic E-state index is 10.7. The normalized spacial score (nSPS) is 15.8. The van der Waals surface area contributed by atoms with Crippen LogP contribution in [0.5, 0.6) is 0 Å². The highest BCUT2D eigenvalue weighted by Gasteiger charge is 2.16. The van der Waals surface area contributed by atoms with Gasteiger partial charge in [0.15, 0.2) is 0 Å². The van der Waals surface area contributed by atoms with Gasteiger partial charge in [-0.25, -0.2) is 4.98 Å². The number of hydrogen-bond acceptors (Lipinski definition) is 2. The van der Waals surface area contributed by atoms with Gasteiger partial charge in [-0.05, 0) is 48.1 Å². The SMILES string of the molecule is O=CCc1ccc(C(=CC2CCCC2)c2cc3cccnc3[nH]2)cc1. The number of nitrogens with zero attached hydrogens (tertiary/aromatic N) is 1. The average molecular weight is 330 g/mol. The number of H-pyrrole nitrogens is 1. The van der Waals surface area contributed by atoms with E-state index in [1.165, 1.54) is 36.8 Å². The van der Waals surface area contributed by atoms with Crippen molar-refractivity contribution in [1.82, 2.24) is 9.97 Å². The van der Waals surface area contributed by atoms with Gasteiger partial charge in [0, 0.05) is 29.3 Å². The Balaban J connectivity index is 1.76. The quantitative estimate of drug-likeness (QED) is 0.674. The highest BCUT2D eigenvalue weighted by atomic mass is 16.1. The molecular weight excluding hydrogens is 308 g/mol. The third-order valence-corrected chi connectivity index (χ3v) is 5.07. The van der Waals surface area contributed by atoms with E-state index in [0.717, 1.165) is 28.6 Å². The summed E-state index contributed by atoms with van der Waals surface area (Å²) < 4.78 is 0. The molecule has 0 amide bonds. The molecule has 1 aromatic carbocycles. The van der Waals surface area contributed by atoms with E-state index in [0.29, 0.717) is 12.3 Å². The molecule has 1 aliphatic rings. The van der Waals surface area contributed by atoms with Crippen LogP contribution in [0, 0.1) is 5.92 Å². The first-order valence-corrected chi connectivity index (χ1v) is 9.02. The summed E-state index contributed by atoms with van der Waals surface area (Å²) in [4.78, 5) is 18.6. The van der Waals surface area contributed by atoms with Crippen LogP contribution in [-0.4, -0.2) is 16.3 Å². The lowest BCUT2D eigenvalue weighted by molar-refractivity contribution is -0.107. The van der Waals surface area contributed by atoms with Gasteiger partial charge >= 0.3 is 0 Å². The molecule has 0 radical (unpaired) electrons. The van der Waals surface area contributed by atoms with Gasteiger partial charge in [0.25, 0.3) is 0 Å². The van der Waals surface area contributed by atoms with Crippen molar-refractivity contribution in [1.29, 1.82) is 0 Å². The summed E-state index contributed by atoms with van der Waals surface area (Å²) in [5.41, 5.74) is 5.52. The fourth-order valence-corrected chi connectivity index (χ4v) is 3.72. The van der Waals surface area contributed by atoms with Crippen LogP contribution >= 0.6 is 0 Å². The third kappa shape index (κ3) is 3.41. The number of pyridine rings is 1. The number of aldehydes is 1. The molecule has 1 saturated carbocycles. The number of aromatic nitrogens is 2. The second-order valence-corrected chi connectivity index (χ2v) is 6.82. The van der Waals surface area contributed by atoms with E-state index in [1.807, 2.05) is 24.4 Å². The zero-order valence-electron chi connectivity index (χ0n) is 14.2. The Morgan fingerprint density at radius 2 is 1.96 bits per heavy atom. The molecule has 25 heavy (non-hydrogen) atoms. The summed E-state index contributed by atoms with van der Waals surface area (Å²) in [6.07, 6.45) is 10.8. The van der Waals surface area contributed by atoms with E-state index in [1.54, 1.807) is 0 Å². The lowest BCUT2D eigenvalue weighted by atomic mass is 9.95. The molecule has 3 heteroatoms. The lowest BCUT2D eigenvalue weighted by Gasteiger charge is -2.11. The Kier molecular flexibility index (Phi) is 4.47. The number of rotatable bonds is 5. The number of benzene rings is 1. The number of fused-ring (bicyclic) bond motifs is 1. The van der Waals surface area contributed by atoms with Crippen LogP contribution in [-0.2, 0) is 11.2 Å². The van der Waals surface area contributed by atoms with Gasteiger partial charge in [-0.3, -0.25) is 0 Å². The molecule has 2 aromatic heterocycles. The molecule has 1 N–H and O–H groups in total. The number of allylic oxidation sites excluding steroid dienone is 1. The highest BCUT2D eigenvalue weighted by molar-refractivity contribution is 5.86. The molecule has 3 nitrogen and oxygen atoms in total. The Labute approximate surface area is 147 Å². The van der Waals surface area contributed by atoms with Crippen molar-refractivity contribution in [3.8, 4) is 0 Å². The molecule has 0 spiro atoms. The zero-order valence-corrected chi connectivity index (χ0v) is 14.2. The molecule has 1 aliphatic carbocycles. The van der Waals surface area contributed by atoms with Gasteiger partial charge in [0.05, 0.1) is 0 Å². The molecule has 0 saturated heterocycles. The van der Waals surface area contributed by atoms with Crippen LogP contribution in [0.25, 0.3) is 16.6 Å². The number of carbonyl (C=O) groups is 1. The van der Waals surface area contributed by atoms with E-state index in [9.17, 15) is 4.79 Å². The molecule has 0 bridgehead atoms. The van der Waals surface area contributed by atoms with Gasteiger partial charge in [-0.2, -0.15) is 0 Å². The van der Waals surface area contributed by atoms with E-state index in [-0.39, 0.29) is 0 Å². The predicted molar refractivity (Wildman–Crippen MR) is 101 cm³/mol. The summed E-state index contributed by atoms with van der Waals surface area (Å²) in [7, 11) is 0. The maximum absolute atomic E-state index is 10.7. The first-order chi connectivity index (χ1) is 12.3. The van der Waals surface area contributed by atoms with E-state index in [2.05, 4.69) is 40.3 Å². The monoisotopic (exact) mass is 330 g/mol. The van der Waals surface area contributed by atoms with Crippen molar-refractivity contribution in [2.45, 2.75) is 32.1 Å². The van der Waals surface area contributed by atoms with Gasteiger partial charge in [-0.1, -0.05) is 43.2 Å². The first-order valence-electron chi connectivity index (χ1n) is 9.02. The second kappa shape index (κ2) is 7.06. The van der Waals surface area contributed by atoms with Gasteiger partial charge in [0.1, 0.15) is 11.9 Å². The summed E-state index contributed by atoms with van der Waals surface area (Å²) in [5, 5.41) is 1.13. The first kappa shape index (κ1) is 15.8. The topological polar surface area (TPSA) is 45.8 Å². The largest absolute Gasteiger partial charge is 0.339 e. The van der Waals surface area contributed by atoms with Crippen LogP contribution in [0.4, 0.5) is 0 Å². The van der Waals surface area contributed by atoms with Crippen molar-refractivity contribution in [3.05, 3.63) is 71.6 Å². The molecule has 3 aromatic rings. The number of hydrogen-bond donors (Lipinski definition) is 1. The summed E-state index contributed by atoms with van der Waals surface area (Å²) in [6.45, 7) is 0. The second-order valence-electron chi connectivity index (χ2n) is 6.82. The fraction of sp³-hybridized carbons (Fsp3) is 0.273. The van der Waals surface area contributed by atoms with Crippen LogP contribution in [0.1, 0.15) is 42.5 Å². The number of carbonyl (C=O) groups excluding carboxylic acids is 1. The van der Waals surface area contributed by atoms with E-state index < -0.39 is 0 Å². The molecule has 126 valence electrons. The summed E-state index contributed by atoms with van der Waals surface area (Å²) >= 11 is 0. The Hall–Kier alpha value is -2.68. The maximum Gasteiger partial charge on any atom is 0.137 e. The van der Waals surface area contributed by atoms with E-state index in [4.69, 9.17) is 0 Å². The van der Waals surface area contributed by atoms with Crippen molar-refractivity contribution in [2.24, 2.45) is 5.92 Å². The van der Waals surface area contributed by atoms with Gasteiger partial charge < -0.3 is 9.78 Å². The third-order valence-electron chi connectivity index (χ3n) is 5.07. The smallest absolute Gasteiger partial charge is 0.137 e. The van der Waals surface area contributed by atoms with Gasteiger partial charge in [-0.15, -0.1) is 0 Å². The van der Waals surface area contributed by atoms with Crippen molar-refractivity contribution < 1.29 is 4.79 Å². The highest BCUT2D eigenvalue weighted by Crippen LogP contribution is 2.33. The minimum absolute atomic E-state index is 0.470. The van der Waals surface area contributed by atoms with Crippen LogP contribution < -0.4 is 0 Å². The fourth-order valence-electron chi connectivity index (χ4n) is 3.72. The summed E-state index contributed by atoms with van der Waals surface area (Å²) in [6, 6.07) is 14.6. The Morgan fingerprint density at radius 1 is 1.16 bits per heavy atom. The molecule has 4 rings (SSSR count). The standard InChI is InChI=1S/C22H22N2O/c25-13-11-16-7-9-18(10-8-16)20(14-17-4-1-2-5-17)21-15-19-6-3-12-23-22(19)24-21/h3,6-10,12-15,17H,1-2,4-5,11H2,(H,23,24). The molecular formula is C22H22N2O. The van der Waals surface area contributed by atoms with E-state index >= 15 is 0 Å². The minimum Gasteiger partial charge on any atom is -0.339 e. The molecule has 0 aliphatic heterocycles. The molecule has 0 unspecified atom stereocenters.